The summed E-state index contributed by atoms with van der Waals surface area (Å²) in [5, 5.41) is 21.5. The molecular weight excluding hydrogens is 474 g/mol. The number of carboxylic acids is 1. The van der Waals surface area contributed by atoms with Crippen LogP contribution in [0.25, 0.3) is 0 Å². The molecule has 0 unspecified atom stereocenters. The van der Waals surface area contributed by atoms with Crippen LogP contribution in [0.5, 0.6) is 0 Å². The number of aryl methyl sites for hydroxylation is 2. The smallest absolute Gasteiger partial charge is 0.326 e. The van der Waals surface area contributed by atoms with Gasteiger partial charge in [0.1, 0.15) is 11.9 Å². The number of rotatable bonds is 12. The first-order valence-electron chi connectivity index (χ1n) is 12.0. The van der Waals surface area contributed by atoms with Gasteiger partial charge < -0.3 is 20.5 Å². The number of halogens is 1. The number of aromatic amines is 1. The number of aromatic nitrogens is 3. The number of fused-ring (bicyclic) bond motifs is 1. The van der Waals surface area contributed by atoms with Crippen molar-refractivity contribution in [1.29, 1.82) is 0 Å². The topological polar surface area (TPSA) is 146 Å². The fraction of sp³-hybridized carbons (Fsp3) is 0.542. The number of carboxylic acid groups (broad SMARTS) is 1. The number of anilines is 1. The summed E-state index contributed by atoms with van der Waals surface area (Å²) in [4.78, 5) is 41.4. The van der Waals surface area contributed by atoms with Crippen LogP contribution in [0.2, 0.25) is 5.02 Å². The Morgan fingerprint density at radius 2 is 2.09 bits per heavy atom. The van der Waals surface area contributed by atoms with Crippen molar-refractivity contribution < 1.29 is 19.4 Å². The second kappa shape index (κ2) is 11.2. The van der Waals surface area contributed by atoms with Gasteiger partial charge in [-0.15, -0.1) is 0 Å². The quantitative estimate of drug-likeness (QED) is 0.322. The fourth-order valence-corrected chi connectivity index (χ4v) is 4.73. The zero-order valence-corrected chi connectivity index (χ0v) is 20.2. The van der Waals surface area contributed by atoms with E-state index in [2.05, 4.69) is 37.9 Å². The minimum absolute atomic E-state index is 0.0958. The van der Waals surface area contributed by atoms with Gasteiger partial charge >= 0.3 is 5.97 Å². The van der Waals surface area contributed by atoms with E-state index >= 15 is 0 Å². The van der Waals surface area contributed by atoms with E-state index in [4.69, 9.17) is 16.3 Å². The zero-order chi connectivity index (χ0) is 24.8. The summed E-state index contributed by atoms with van der Waals surface area (Å²) < 4.78 is 5.62. The third kappa shape index (κ3) is 5.99. The molecule has 11 heteroatoms. The van der Waals surface area contributed by atoms with Gasteiger partial charge in [-0.05, 0) is 56.6 Å². The van der Waals surface area contributed by atoms with Crippen molar-refractivity contribution in [3.63, 3.8) is 0 Å². The Balaban J connectivity index is 1.19. The van der Waals surface area contributed by atoms with Crippen molar-refractivity contribution in [2.24, 2.45) is 0 Å². The molecule has 0 spiro atoms. The predicted octanol–water partition coefficient (Wildman–Crippen LogP) is 2.21. The van der Waals surface area contributed by atoms with Gasteiger partial charge in [-0.1, -0.05) is 17.7 Å². The second-order valence-corrected chi connectivity index (χ2v) is 9.47. The molecule has 1 aliphatic heterocycles. The maximum atomic E-state index is 12.9. The molecule has 0 saturated heterocycles. The van der Waals surface area contributed by atoms with Crippen molar-refractivity contribution in [1.82, 2.24) is 20.5 Å². The fourth-order valence-electron chi connectivity index (χ4n) is 4.41. The van der Waals surface area contributed by atoms with Crippen LogP contribution < -0.4 is 16.2 Å². The molecule has 2 aromatic rings. The highest BCUT2D eigenvalue weighted by Crippen LogP contribution is 2.49. The number of amides is 1. The van der Waals surface area contributed by atoms with Crippen molar-refractivity contribution in [2.45, 2.75) is 62.8 Å². The number of nitrogens with zero attached hydrogens (tertiary/aromatic N) is 2. The van der Waals surface area contributed by atoms with Gasteiger partial charge in [0.25, 0.3) is 5.56 Å². The van der Waals surface area contributed by atoms with Crippen LogP contribution in [-0.4, -0.2) is 58.0 Å². The number of carbonyl (C=O) groups excluding carboxylic acids is 1. The first-order valence-corrected chi connectivity index (χ1v) is 12.4. The highest BCUT2D eigenvalue weighted by atomic mass is 35.5. The van der Waals surface area contributed by atoms with E-state index in [1.165, 1.54) is 11.8 Å². The van der Waals surface area contributed by atoms with E-state index in [0.29, 0.717) is 19.4 Å². The van der Waals surface area contributed by atoms with Gasteiger partial charge in [0.2, 0.25) is 5.91 Å². The van der Waals surface area contributed by atoms with E-state index in [1.807, 2.05) is 0 Å². The van der Waals surface area contributed by atoms with Crippen molar-refractivity contribution in [3.8, 4) is 0 Å². The molecule has 4 rings (SSSR count). The Bertz CT molecular complexity index is 1130. The molecule has 0 radical (unpaired) electrons. The van der Waals surface area contributed by atoms with Crippen molar-refractivity contribution in [3.05, 3.63) is 50.5 Å². The summed E-state index contributed by atoms with van der Waals surface area (Å²) >= 11 is 6.11. The lowest BCUT2D eigenvalue weighted by Crippen LogP contribution is -2.47. The van der Waals surface area contributed by atoms with Crippen LogP contribution in [0.1, 0.15) is 55.3 Å². The summed E-state index contributed by atoms with van der Waals surface area (Å²) in [6.07, 6.45) is 7.02. The molecule has 4 N–H and O–H groups in total. The molecule has 0 bridgehead atoms. The summed E-state index contributed by atoms with van der Waals surface area (Å²) in [5.41, 5.74) is 0.807. The van der Waals surface area contributed by atoms with E-state index in [0.717, 1.165) is 50.2 Å². The van der Waals surface area contributed by atoms with Crippen LogP contribution in [-0.2, 0) is 32.6 Å². The normalized spacial score (nSPS) is 16.6. The number of nitrogens with one attached hydrogen (secondary N) is 3. The second-order valence-electron chi connectivity index (χ2n) is 9.07. The van der Waals surface area contributed by atoms with Gasteiger partial charge in [0, 0.05) is 31.9 Å². The third-order valence-electron chi connectivity index (χ3n) is 6.55. The van der Waals surface area contributed by atoms with Crippen LogP contribution in [0, 0.1) is 0 Å². The Hall–Kier alpha value is -2.98. The molecule has 2 aromatic heterocycles. The molecule has 188 valence electrons. The predicted molar refractivity (Wildman–Crippen MR) is 130 cm³/mol. The number of unbranched alkanes of at least 4 members (excludes halogenated alkanes) is 1. The lowest BCUT2D eigenvalue weighted by molar-refractivity contribution is -0.142. The Labute approximate surface area is 207 Å². The lowest BCUT2D eigenvalue weighted by atomic mass is 9.96. The highest BCUT2D eigenvalue weighted by molar-refractivity contribution is 6.31. The molecule has 3 heterocycles. The summed E-state index contributed by atoms with van der Waals surface area (Å²) in [6, 6.07) is 3.10. The molecule has 10 nitrogen and oxygen atoms in total. The van der Waals surface area contributed by atoms with Crippen LogP contribution in [0.15, 0.2) is 23.1 Å². The Morgan fingerprint density at radius 1 is 1.26 bits per heavy atom. The number of hydrogen-bond donors (Lipinski definition) is 4. The monoisotopic (exact) mass is 503 g/mol. The highest BCUT2D eigenvalue weighted by Gasteiger charge is 2.54. The number of H-pyrrole nitrogens is 1. The Morgan fingerprint density at radius 3 is 2.83 bits per heavy atom. The number of pyridine rings is 1. The maximum absolute atomic E-state index is 12.9. The minimum Gasteiger partial charge on any atom is -0.480 e. The zero-order valence-electron chi connectivity index (χ0n) is 19.4. The Kier molecular flexibility index (Phi) is 8.02. The molecule has 2 aliphatic rings. The molecule has 1 aliphatic carbocycles. The molecule has 1 fully saturated rings. The van der Waals surface area contributed by atoms with E-state index in [9.17, 15) is 19.5 Å². The molecule has 1 saturated carbocycles. The SMILES string of the molecule is O=C(O)[C@H](CCOCCCCc1ccc2c(n1)NCCC2)NC(=O)C1(c2c(Cl)cn[nH]c2=O)CC1. The van der Waals surface area contributed by atoms with E-state index in [1.54, 1.807) is 0 Å². The van der Waals surface area contributed by atoms with Crippen molar-refractivity contribution in [2.75, 3.05) is 25.1 Å². The molecule has 1 atom stereocenters. The average Bonchev–Trinajstić information content (AvgIpc) is 3.64. The van der Waals surface area contributed by atoms with Crippen LogP contribution in [0.3, 0.4) is 0 Å². The van der Waals surface area contributed by atoms with E-state index < -0.39 is 28.9 Å². The lowest BCUT2D eigenvalue weighted by Gasteiger charge is -2.20. The summed E-state index contributed by atoms with van der Waals surface area (Å²) in [5.74, 6) is -0.675. The summed E-state index contributed by atoms with van der Waals surface area (Å²) in [7, 11) is 0. The van der Waals surface area contributed by atoms with Crippen LogP contribution in [0.4, 0.5) is 5.82 Å². The van der Waals surface area contributed by atoms with Crippen LogP contribution >= 0.6 is 11.6 Å². The third-order valence-corrected chi connectivity index (χ3v) is 6.84. The largest absolute Gasteiger partial charge is 0.480 e. The number of ether oxygens (including phenoxy) is 1. The van der Waals surface area contributed by atoms with Gasteiger partial charge in [-0.2, -0.15) is 5.10 Å². The number of carbonyl (C=O) groups is 2. The van der Waals surface area contributed by atoms with Gasteiger partial charge in [0.15, 0.2) is 0 Å². The van der Waals surface area contributed by atoms with Gasteiger partial charge in [-0.3, -0.25) is 9.59 Å². The molecular formula is C24H30ClN5O5. The average molecular weight is 504 g/mol. The maximum Gasteiger partial charge on any atom is 0.326 e. The van der Waals surface area contributed by atoms with Crippen molar-refractivity contribution >= 4 is 29.3 Å². The molecule has 0 aromatic carbocycles. The first kappa shape index (κ1) is 25.1. The first-order chi connectivity index (χ1) is 16.9. The number of hydrogen-bond acceptors (Lipinski definition) is 7. The molecule has 35 heavy (non-hydrogen) atoms. The van der Waals surface area contributed by atoms with E-state index in [-0.39, 0.29) is 23.6 Å². The molecule has 1 amide bonds. The minimum atomic E-state index is -1.15. The number of aliphatic carboxylic acids is 1. The standard InChI is InChI=1S/C24H30ClN5O5/c25-17-14-27-30-21(31)19(17)24(9-10-24)23(34)29-18(22(32)33)8-13-35-12-2-1-5-16-7-6-15-4-3-11-26-20(15)28-16/h6-7,14,18H,1-5,8-13H2,(H,26,28)(H,29,34)(H,30,31)(H,32,33)/t18-/m0/s1. The summed E-state index contributed by atoms with van der Waals surface area (Å²) in [6.45, 7) is 1.66. The van der Waals surface area contributed by atoms with Gasteiger partial charge in [0.05, 0.1) is 22.2 Å². The van der Waals surface area contributed by atoms with Gasteiger partial charge in [-0.25, -0.2) is 14.9 Å².